The van der Waals surface area contributed by atoms with Crippen LogP contribution in [0, 0.1) is 12.8 Å². The van der Waals surface area contributed by atoms with Crippen LogP contribution >= 0.6 is 15.9 Å². The molecule has 0 fully saturated rings. The first-order valence-electron chi connectivity index (χ1n) is 6.02. The van der Waals surface area contributed by atoms with Gasteiger partial charge in [-0.05, 0) is 43.9 Å². The number of aromatic hydroxyl groups is 1. The van der Waals surface area contributed by atoms with E-state index in [-0.39, 0.29) is 5.41 Å². The molecular formula is C15H19BrO. The molecule has 92 valence electrons. The summed E-state index contributed by atoms with van der Waals surface area (Å²) in [5.74, 6) is 0.895. The highest BCUT2D eigenvalue weighted by molar-refractivity contribution is 9.10. The monoisotopic (exact) mass is 294 g/mol. The van der Waals surface area contributed by atoms with Gasteiger partial charge in [0.2, 0.25) is 0 Å². The maximum atomic E-state index is 10.2. The van der Waals surface area contributed by atoms with Crippen LogP contribution in [0.1, 0.15) is 38.3 Å². The van der Waals surface area contributed by atoms with Crippen molar-refractivity contribution in [2.75, 3.05) is 0 Å². The summed E-state index contributed by atoms with van der Waals surface area (Å²) in [6.07, 6.45) is 3.29. The average molecular weight is 295 g/mol. The third kappa shape index (κ3) is 1.93. The summed E-state index contributed by atoms with van der Waals surface area (Å²) in [6.45, 7) is 8.65. The van der Waals surface area contributed by atoms with Gasteiger partial charge in [0.1, 0.15) is 5.75 Å². The Balaban J connectivity index is 2.52. The molecule has 2 heteroatoms. The highest BCUT2D eigenvalue weighted by Crippen LogP contribution is 2.48. The molecule has 2 atom stereocenters. The lowest BCUT2D eigenvalue weighted by molar-refractivity contribution is 0.364. The largest absolute Gasteiger partial charge is 0.508 e. The topological polar surface area (TPSA) is 20.2 Å². The van der Waals surface area contributed by atoms with Gasteiger partial charge in [-0.3, -0.25) is 0 Å². The molecule has 1 aromatic carbocycles. The number of phenols is 1. The fourth-order valence-electron chi connectivity index (χ4n) is 2.70. The molecule has 0 spiro atoms. The van der Waals surface area contributed by atoms with Gasteiger partial charge in [0.15, 0.2) is 0 Å². The van der Waals surface area contributed by atoms with Gasteiger partial charge >= 0.3 is 0 Å². The second kappa shape index (κ2) is 4.16. The SMILES string of the molecule is CC1=CCC(C)(c2cc(Br)c(C)cc2O)C1C. The third-order valence-electron chi connectivity index (χ3n) is 4.38. The highest BCUT2D eigenvalue weighted by atomic mass is 79.9. The molecule has 0 radical (unpaired) electrons. The molecule has 1 aromatic rings. The van der Waals surface area contributed by atoms with Crippen LogP contribution in [0.5, 0.6) is 5.75 Å². The zero-order valence-corrected chi connectivity index (χ0v) is 12.4. The van der Waals surface area contributed by atoms with Gasteiger partial charge < -0.3 is 5.11 Å². The Morgan fingerprint density at radius 1 is 1.35 bits per heavy atom. The van der Waals surface area contributed by atoms with Crippen molar-refractivity contribution in [1.29, 1.82) is 0 Å². The minimum atomic E-state index is 0.0182. The van der Waals surface area contributed by atoms with Crippen LogP contribution in [0.4, 0.5) is 0 Å². The Morgan fingerprint density at radius 3 is 2.53 bits per heavy atom. The van der Waals surface area contributed by atoms with Gasteiger partial charge in [0.25, 0.3) is 0 Å². The van der Waals surface area contributed by atoms with Crippen LogP contribution in [0.15, 0.2) is 28.3 Å². The summed E-state index contributed by atoms with van der Waals surface area (Å²) in [4.78, 5) is 0. The van der Waals surface area contributed by atoms with Crippen molar-refractivity contribution in [1.82, 2.24) is 0 Å². The normalized spacial score (nSPS) is 28.3. The molecule has 1 aliphatic rings. The molecule has 1 nitrogen and oxygen atoms in total. The van der Waals surface area contributed by atoms with Gasteiger partial charge in [-0.2, -0.15) is 0 Å². The fourth-order valence-corrected chi connectivity index (χ4v) is 3.04. The number of halogens is 1. The molecule has 1 N–H and O–H groups in total. The molecule has 0 amide bonds. The third-order valence-corrected chi connectivity index (χ3v) is 5.23. The quantitative estimate of drug-likeness (QED) is 0.744. The van der Waals surface area contributed by atoms with Crippen molar-refractivity contribution < 1.29 is 5.11 Å². The molecule has 17 heavy (non-hydrogen) atoms. The van der Waals surface area contributed by atoms with Gasteiger partial charge in [0, 0.05) is 15.5 Å². The van der Waals surface area contributed by atoms with E-state index in [9.17, 15) is 5.11 Å². The smallest absolute Gasteiger partial charge is 0.119 e. The lowest BCUT2D eigenvalue weighted by atomic mass is 9.72. The predicted octanol–water partition coefficient (Wildman–Crippen LogP) is 4.71. The van der Waals surface area contributed by atoms with E-state index in [0.29, 0.717) is 11.7 Å². The zero-order chi connectivity index (χ0) is 12.8. The van der Waals surface area contributed by atoms with Crippen molar-refractivity contribution in [3.63, 3.8) is 0 Å². The van der Waals surface area contributed by atoms with E-state index in [1.54, 1.807) is 0 Å². The Kier molecular flexibility index (Phi) is 3.11. The highest BCUT2D eigenvalue weighted by Gasteiger charge is 2.39. The maximum absolute atomic E-state index is 10.2. The number of hydrogen-bond donors (Lipinski definition) is 1. The van der Waals surface area contributed by atoms with E-state index in [4.69, 9.17) is 0 Å². The number of rotatable bonds is 1. The molecule has 0 heterocycles. The van der Waals surface area contributed by atoms with Crippen molar-refractivity contribution in [2.45, 2.75) is 39.5 Å². The summed E-state index contributed by atoms with van der Waals surface area (Å²) in [6, 6.07) is 3.93. The Hall–Kier alpha value is -0.760. The molecule has 0 aliphatic heterocycles. The first kappa shape index (κ1) is 12.7. The van der Waals surface area contributed by atoms with E-state index < -0.39 is 0 Å². The van der Waals surface area contributed by atoms with E-state index in [2.05, 4.69) is 48.8 Å². The van der Waals surface area contributed by atoms with Crippen molar-refractivity contribution in [3.05, 3.63) is 39.4 Å². The summed E-state index contributed by atoms with van der Waals surface area (Å²) in [5, 5.41) is 10.2. The lowest BCUT2D eigenvalue weighted by Gasteiger charge is -2.32. The predicted molar refractivity (Wildman–Crippen MR) is 75.4 cm³/mol. The molecule has 0 saturated carbocycles. The van der Waals surface area contributed by atoms with Crippen molar-refractivity contribution in [3.8, 4) is 5.75 Å². The molecule has 2 rings (SSSR count). The first-order valence-corrected chi connectivity index (χ1v) is 6.82. The minimum absolute atomic E-state index is 0.0182. The Labute approximate surface area is 112 Å². The number of hydrogen-bond acceptors (Lipinski definition) is 1. The van der Waals surface area contributed by atoms with Crippen LogP contribution in [0.25, 0.3) is 0 Å². The maximum Gasteiger partial charge on any atom is 0.119 e. The summed E-state index contributed by atoms with van der Waals surface area (Å²) < 4.78 is 1.07. The number of allylic oxidation sites excluding steroid dienone is 2. The minimum Gasteiger partial charge on any atom is -0.508 e. The number of phenolic OH excluding ortho intramolecular Hbond substituents is 1. The molecule has 0 saturated heterocycles. The Morgan fingerprint density at radius 2 is 2.00 bits per heavy atom. The summed E-state index contributed by atoms with van der Waals surface area (Å²) >= 11 is 3.56. The zero-order valence-electron chi connectivity index (χ0n) is 10.8. The van der Waals surface area contributed by atoms with Gasteiger partial charge in [0.05, 0.1) is 0 Å². The fraction of sp³-hybridized carbons (Fsp3) is 0.467. The molecule has 2 unspecified atom stereocenters. The standard InChI is InChI=1S/C15H19BrO/c1-9-5-6-15(4,11(9)3)12-8-13(16)10(2)7-14(12)17/h5,7-8,11,17H,6H2,1-4H3. The van der Waals surface area contributed by atoms with E-state index in [1.165, 1.54) is 5.57 Å². The molecule has 0 aromatic heterocycles. The molecule has 1 aliphatic carbocycles. The van der Waals surface area contributed by atoms with Gasteiger partial charge in [-0.25, -0.2) is 0 Å². The van der Waals surface area contributed by atoms with Crippen molar-refractivity contribution in [2.24, 2.45) is 5.92 Å². The van der Waals surface area contributed by atoms with Crippen LogP contribution in [-0.4, -0.2) is 5.11 Å². The second-order valence-electron chi connectivity index (χ2n) is 5.41. The number of aryl methyl sites for hydroxylation is 1. The average Bonchev–Trinajstić information content (AvgIpc) is 2.53. The summed E-state index contributed by atoms with van der Waals surface area (Å²) in [5.41, 5.74) is 3.56. The van der Waals surface area contributed by atoms with Crippen LogP contribution in [-0.2, 0) is 5.41 Å². The Bertz CT molecular complexity index is 490. The van der Waals surface area contributed by atoms with Crippen LogP contribution in [0.2, 0.25) is 0 Å². The molecule has 0 bridgehead atoms. The second-order valence-corrected chi connectivity index (χ2v) is 6.26. The van der Waals surface area contributed by atoms with Crippen LogP contribution in [0.3, 0.4) is 0 Å². The molecular weight excluding hydrogens is 276 g/mol. The van der Waals surface area contributed by atoms with Gasteiger partial charge in [-0.15, -0.1) is 0 Å². The van der Waals surface area contributed by atoms with Crippen LogP contribution < -0.4 is 0 Å². The van der Waals surface area contributed by atoms with E-state index >= 15 is 0 Å². The van der Waals surface area contributed by atoms with Crippen molar-refractivity contribution >= 4 is 15.9 Å². The van der Waals surface area contributed by atoms with E-state index in [0.717, 1.165) is 22.0 Å². The summed E-state index contributed by atoms with van der Waals surface area (Å²) in [7, 11) is 0. The number of benzene rings is 1. The lowest BCUT2D eigenvalue weighted by Crippen LogP contribution is -2.26. The van der Waals surface area contributed by atoms with E-state index in [1.807, 2.05) is 13.0 Å². The van der Waals surface area contributed by atoms with Gasteiger partial charge in [-0.1, -0.05) is 41.4 Å². The first-order chi connectivity index (χ1) is 7.86.